The van der Waals surface area contributed by atoms with E-state index in [9.17, 15) is 0 Å². The summed E-state index contributed by atoms with van der Waals surface area (Å²) in [7, 11) is 0. The van der Waals surface area contributed by atoms with Gasteiger partial charge in [0, 0.05) is 19.6 Å². The van der Waals surface area contributed by atoms with Gasteiger partial charge in [0.25, 0.3) is 0 Å². The summed E-state index contributed by atoms with van der Waals surface area (Å²) in [6, 6.07) is 0. The molecule has 19 heavy (non-hydrogen) atoms. The smallest absolute Gasteiger partial charge is 0.231 e. The van der Waals surface area contributed by atoms with Gasteiger partial charge < -0.3 is 16.0 Å². The molecule has 0 amide bonds. The molecule has 1 aromatic heterocycles. The molecule has 1 aliphatic heterocycles. The largest absolute Gasteiger partial charge is 0.368 e. The second-order valence-corrected chi connectivity index (χ2v) is 6.28. The Morgan fingerprint density at radius 3 is 2.58 bits per heavy atom. The van der Waals surface area contributed by atoms with Gasteiger partial charge in [-0.3, -0.25) is 0 Å². The van der Waals surface area contributed by atoms with Gasteiger partial charge in [0.15, 0.2) is 0 Å². The van der Waals surface area contributed by atoms with Crippen molar-refractivity contribution >= 4 is 17.8 Å². The third-order valence-corrected chi connectivity index (χ3v) is 4.25. The Morgan fingerprint density at radius 2 is 1.95 bits per heavy atom. The highest BCUT2D eigenvalue weighted by Gasteiger charge is 2.45. The molecule has 1 saturated carbocycles. The molecule has 2 heterocycles. The Hall–Kier alpha value is -1.59. The molecule has 6 nitrogen and oxygen atoms in total. The van der Waals surface area contributed by atoms with Gasteiger partial charge in [-0.15, -0.1) is 0 Å². The summed E-state index contributed by atoms with van der Waals surface area (Å²) in [4.78, 5) is 15.0. The molecule has 3 rings (SSSR count). The second-order valence-electron chi connectivity index (χ2n) is 6.28. The van der Waals surface area contributed by atoms with E-state index in [0.29, 0.717) is 29.2 Å². The number of nitrogens with zero attached hydrogens (tertiary/aromatic N) is 4. The zero-order valence-corrected chi connectivity index (χ0v) is 11.7. The second kappa shape index (κ2) is 4.51. The number of nitrogens with one attached hydrogen (secondary N) is 1. The SMILES string of the molecule is CC1(C)CC1CNc1nc(N)nc(N2CCCC2)n1. The first-order chi connectivity index (χ1) is 9.04. The molecule has 2 aliphatic rings. The molecule has 0 aromatic carbocycles. The van der Waals surface area contributed by atoms with Crippen LogP contribution in [0.3, 0.4) is 0 Å². The van der Waals surface area contributed by atoms with Crippen LogP contribution in [0.1, 0.15) is 33.1 Å². The number of hydrogen-bond donors (Lipinski definition) is 2. The van der Waals surface area contributed by atoms with Crippen molar-refractivity contribution in [3.05, 3.63) is 0 Å². The van der Waals surface area contributed by atoms with Crippen molar-refractivity contribution < 1.29 is 0 Å². The Labute approximate surface area is 113 Å². The molecule has 2 fully saturated rings. The lowest BCUT2D eigenvalue weighted by Gasteiger charge is -2.16. The van der Waals surface area contributed by atoms with E-state index in [2.05, 4.69) is 39.0 Å². The number of anilines is 3. The van der Waals surface area contributed by atoms with Crippen LogP contribution in [-0.4, -0.2) is 34.6 Å². The van der Waals surface area contributed by atoms with Crippen LogP contribution in [-0.2, 0) is 0 Å². The van der Waals surface area contributed by atoms with Crippen LogP contribution >= 0.6 is 0 Å². The molecular formula is C13H22N6. The minimum absolute atomic E-state index is 0.300. The summed E-state index contributed by atoms with van der Waals surface area (Å²) in [6.45, 7) is 7.51. The molecule has 3 N–H and O–H groups in total. The summed E-state index contributed by atoms with van der Waals surface area (Å²) < 4.78 is 0. The van der Waals surface area contributed by atoms with E-state index in [0.717, 1.165) is 19.6 Å². The van der Waals surface area contributed by atoms with Gasteiger partial charge in [-0.2, -0.15) is 15.0 Å². The number of nitrogen functional groups attached to an aromatic ring is 1. The quantitative estimate of drug-likeness (QED) is 0.856. The van der Waals surface area contributed by atoms with Crippen molar-refractivity contribution in [2.45, 2.75) is 33.1 Å². The van der Waals surface area contributed by atoms with E-state index in [1.54, 1.807) is 0 Å². The number of rotatable bonds is 4. The van der Waals surface area contributed by atoms with Gasteiger partial charge >= 0.3 is 0 Å². The standard InChI is InChI=1S/C13H22N6/c1-13(2)7-9(13)8-15-11-16-10(14)17-12(18-11)19-5-3-4-6-19/h9H,3-8H2,1-2H3,(H3,14,15,16,17,18). The maximum absolute atomic E-state index is 5.77. The van der Waals surface area contributed by atoms with Crippen molar-refractivity contribution in [2.75, 3.05) is 35.6 Å². The lowest BCUT2D eigenvalue weighted by atomic mass is 10.1. The third kappa shape index (κ3) is 2.72. The average molecular weight is 262 g/mol. The minimum atomic E-state index is 0.300. The molecule has 0 spiro atoms. The van der Waals surface area contributed by atoms with Crippen molar-refractivity contribution in [3.63, 3.8) is 0 Å². The summed E-state index contributed by atoms with van der Waals surface area (Å²) in [6.07, 6.45) is 3.66. The predicted octanol–water partition coefficient (Wildman–Crippen LogP) is 1.51. The van der Waals surface area contributed by atoms with Crippen LogP contribution in [0.2, 0.25) is 0 Å². The highest BCUT2D eigenvalue weighted by atomic mass is 15.3. The Balaban J connectivity index is 1.67. The zero-order chi connectivity index (χ0) is 13.5. The third-order valence-electron chi connectivity index (χ3n) is 4.25. The predicted molar refractivity (Wildman–Crippen MR) is 76.1 cm³/mol. The minimum Gasteiger partial charge on any atom is -0.368 e. The van der Waals surface area contributed by atoms with Crippen LogP contribution in [0.25, 0.3) is 0 Å². The van der Waals surface area contributed by atoms with Crippen molar-refractivity contribution in [1.29, 1.82) is 0 Å². The first-order valence-corrected chi connectivity index (χ1v) is 7.05. The molecule has 0 radical (unpaired) electrons. The summed E-state index contributed by atoms with van der Waals surface area (Å²) >= 11 is 0. The van der Waals surface area contributed by atoms with Crippen LogP contribution in [0.4, 0.5) is 17.8 Å². The lowest BCUT2D eigenvalue weighted by molar-refractivity contribution is 0.572. The normalized spacial score (nSPS) is 24.5. The number of aromatic nitrogens is 3. The van der Waals surface area contributed by atoms with Crippen molar-refractivity contribution in [3.8, 4) is 0 Å². The van der Waals surface area contributed by atoms with E-state index in [1.807, 2.05) is 0 Å². The maximum atomic E-state index is 5.77. The van der Waals surface area contributed by atoms with Crippen molar-refractivity contribution in [1.82, 2.24) is 15.0 Å². The maximum Gasteiger partial charge on any atom is 0.231 e. The van der Waals surface area contributed by atoms with Crippen LogP contribution in [0.5, 0.6) is 0 Å². The van der Waals surface area contributed by atoms with Gasteiger partial charge in [-0.1, -0.05) is 13.8 Å². The van der Waals surface area contributed by atoms with Gasteiger partial charge in [-0.05, 0) is 30.6 Å². The topological polar surface area (TPSA) is 80.0 Å². The number of nitrogens with two attached hydrogens (primary N) is 1. The highest BCUT2D eigenvalue weighted by molar-refractivity contribution is 5.42. The molecule has 0 bridgehead atoms. The van der Waals surface area contributed by atoms with E-state index >= 15 is 0 Å². The summed E-state index contributed by atoms with van der Waals surface area (Å²) in [5, 5.41) is 3.30. The van der Waals surface area contributed by atoms with Crippen molar-refractivity contribution in [2.24, 2.45) is 11.3 Å². The Morgan fingerprint density at radius 1 is 1.26 bits per heavy atom. The van der Waals surface area contributed by atoms with Gasteiger partial charge in [0.2, 0.25) is 17.8 Å². The van der Waals surface area contributed by atoms with Crippen LogP contribution < -0.4 is 16.0 Å². The highest BCUT2D eigenvalue weighted by Crippen LogP contribution is 2.51. The molecule has 1 unspecified atom stereocenters. The molecule has 1 atom stereocenters. The Bertz CT molecular complexity index is 466. The molecule has 6 heteroatoms. The zero-order valence-electron chi connectivity index (χ0n) is 11.7. The molecule has 1 aromatic rings. The average Bonchev–Trinajstić information content (AvgIpc) is 2.81. The fourth-order valence-electron chi connectivity index (χ4n) is 2.66. The fourth-order valence-corrected chi connectivity index (χ4v) is 2.66. The summed E-state index contributed by atoms with van der Waals surface area (Å²) in [5.41, 5.74) is 6.24. The molecule has 1 aliphatic carbocycles. The molecular weight excluding hydrogens is 240 g/mol. The monoisotopic (exact) mass is 262 g/mol. The van der Waals surface area contributed by atoms with E-state index < -0.39 is 0 Å². The van der Waals surface area contributed by atoms with E-state index in [-0.39, 0.29) is 0 Å². The van der Waals surface area contributed by atoms with Gasteiger partial charge in [0.1, 0.15) is 0 Å². The molecule has 1 saturated heterocycles. The van der Waals surface area contributed by atoms with E-state index in [1.165, 1.54) is 19.3 Å². The first-order valence-electron chi connectivity index (χ1n) is 7.05. The first kappa shape index (κ1) is 12.4. The fraction of sp³-hybridized carbons (Fsp3) is 0.769. The lowest BCUT2D eigenvalue weighted by Crippen LogP contribution is -2.22. The molecule has 104 valence electrons. The van der Waals surface area contributed by atoms with Gasteiger partial charge in [-0.25, -0.2) is 0 Å². The van der Waals surface area contributed by atoms with Crippen LogP contribution in [0, 0.1) is 11.3 Å². The summed E-state index contributed by atoms with van der Waals surface area (Å²) in [5.74, 6) is 2.33. The van der Waals surface area contributed by atoms with Crippen LogP contribution in [0.15, 0.2) is 0 Å². The van der Waals surface area contributed by atoms with E-state index in [4.69, 9.17) is 5.73 Å². The Kier molecular flexibility index (Phi) is 2.95. The van der Waals surface area contributed by atoms with Gasteiger partial charge in [0.05, 0.1) is 0 Å². The number of hydrogen-bond acceptors (Lipinski definition) is 6.